The third-order valence-electron chi connectivity index (χ3n) is 3.00. The van der Waals surface area contributed by atoms with Crippen LogP contribution >= 0.6 is 15.9 Å². The second-order valence-electron chi connectivity index (χ2n) is 4.01. The standard InChI is InChI=1S/C14H9BrO/c15-12-2-4-14-11(7-12)6-10-5-9(8-16)1-3-13(10)14/h1-5,7-8H,6H2. The van der Waals surface area contributed by atoms with Crippen molar-refractivity contribution in [1.29, 1.82) is 0 Å². The summed E-state index contributed by atoms with van der Waals surface area (Å²) in [5, 5.41) is 0. The zero-order chi connectivity index (χ0) is 11.1. The summed E-state index contributed by atoms with van der Waals surface area (Å²) >= 11 is 3.48. The van der Waals surface area contributed by atoms with Gasteiger partial charge in [0.1, 0.15) is 6.29 Å². The molecule has 0 spiro atoms. The molecule has 2 heteroatoms. The average Bonchev–Trinajstić information content (AvgIpc) is 2.64. The van der Waals surface area contributed by atoms with Crippen LogP contribution in [-0.2, 0) is 6.42 Å². The molecule has 0 aliphatic heterocycles. The number of fused-ring (bicyclic) bond motifs is 3. The summed E-state index contributed by atoms with van der Waals surface area (Å²) in [4.78, 5) is 10.7. The van der Waals surface area contributed by atoms with Crippen molar-refractivity contribution in [1.82, 2.24) is 0 Å². The van der Waals surface area contributed by atoms with E-state index in [1.807, 2.05) is 18.2 Å². The van der Waals surface area contributed by atoms with Crippen LogP contribution in [0.3, 0.4) is 0 Å². The highest BCUT2D eigenvalue weighted by Gasteiger charge is 2.18. The molecule has 3 rings (SSSR count). The van der Waals surface area contributed by atoms with Gasteiger partial charge in [-0.1, -0.05) is 34.1 Å². The lowest BCUT2D eigenvalue weighted by atomic mass is 10.0. The van der Waals surface area contributed by atoms with Gasteiger partial charge < -0.3 is 0 Å². The number of hydrogen-bond donors (Lipinski definition) is 0. The van der Waals surface area contributed by atoms with Gasteiger partial charge >= 0.3 is 0 Å². The van der Waals surface area contributed by atoms with Gasteiger partial charge in [0.25, 0.3) is 0 Å². The highest BCUT2D eigenvalue weighted by Crippen LogP contribution is 2.37. The molecule has 2 aromatic carbocycles. The first-order valence-corrected chi connectivity index (χ1v) is 5.94. The summed E-state index contributed by atoms with van der Waals surface area (Å²) in [5.74, 6) is 0. The zero-order valence-electron chi connectivity index (χ0n) is 8.53. The number of halogens is 1. The molecule has 0 N–H and O–H groups in total. The monoisotopic (exact) mass is 272 g/mol. The Morgan fingerprint density at radius 3 is 2.44 bits per heavy atom. The number of benzene rings is 2. The maximum atomic E-state index is 10.7. The molecule has 0 atom stereocenters. The van der Waals surface area contributed by atoms with Crippen molar-refractivity contribution in [2.45, 2.75) is 6.42 Å². The van der Waals surface area contributed by atoms with Crippen LogP contribution in [0, 0.1) is 0 Å². The van der Waals surface area contributed by atoms with Crippen molar-refractivity contribution in [3.05, 3.63) is 57.6 Å². The highest BCUT2D eigenvalue weighted by atomic mass is 79.9. The molecule has 0 amide bonds. The lowest BCUT2D eigenvalue weighted by molar-refractivity contribution is 0.112. The fourth-order valence-corrected chi connectivity index (χ4v) is 2.68. The van der Waals surface area contributed by atoms with Crippen LogP contribution in [0.15, 0.2) is 40.9 Å². The average molecular weight is 273 g/mol. The molecule has 0 radical (unpaired) electrons. The first kappa shape index (κ1) is 9.79. The molecule has 0 saturated heterocycles. The van der Waals surface area contributed by atoms with E-state index in [0.29, 0.717) is 0 Å². The predicted octanol–water partition coefficient (Wildman–Crippen LogP) is 3.83. The maximum absolute atomic E-state index is 10.7. The topological polar surface area (TPSA) is 17.1 Å². The number of hydrogen-bond acceptors (Lipinski definition) is 1. The highest BCUT2D eigenvalue weighted by molar-refractivity contribution is 9.10. The molecule has 1 aliphatic carbocycles. The molecule has 16 heavy (non-hydrogen) atoms. The van der Waals surface area contributed by atoms with Gasteiger partial charge in [-0.15, -0.1) is 0 Å². The normalized spacial score (nSPS) is 12.1. The third kappa shape index (κ3) is 1.41. The Bertz CT molecular complexity index is 587. The number of rotatable bonds is 1. The Morgan fingerprint density at radius 1 is 1.00 bits per heavy atom. The number of carbonyl (C=O) groups is 1. The number of carbonyl (C=O) groups excluding carboxylic acids is 1. The van der Waals surface area contributed by atoms with Crippen LogP contribution in [0.5, 0.6) is 0 Å². The summed E-state index contributed by atoms with van der Waals surface area (Å²) in [6.07, 6.45) is 1.82. The second kappa shape index (κ2) is 3.56. The smallest absolute Gasteiger partial charge is 0.150 e. The molecule has 0 aromatic heterocycles. The van der Waals surface area contributed by atoms with E-state index in [-0.39, 0.29) is 0 Å². The Balaban J connectivity index is 2.19. The van der Waals surface area contributed by atoms with Crippen molar-refractivity contribution in [3.63, 3.8) is 0 Å². The molecule has 0 fully saturated rings. The minimum Gasteiger partial charge on any atom is -0.298 e. The second-order valence-corrected chi connectivity index (χ2v) is 4.93. The van der Waals surface area contributed by atoms with E-state index in [0.717, 1.165) is 22.7 Å². The molecule has 1 aliphatic rings. The lowest BCUT2D eigenvalue weighted by Crippen LogP contribution is -1.84. The molecule has 0 saturated carbocycles. The van der Waals surface area contributed by atoms with Gasteiger partial charge in [-0.25, -0.2) is 0 Å². The van der Waals surface area contributed by atoms with Gasteiger partial charge in [0, 0.05) is 10.0 Å². The van der Waals surface area contributed by atoms with Crippen LogP contribution in [0.2, 0.25) is 0 Å². The van der Waals surface area contributed by atoms with E-state index in [1.54, 1.807) is 0 Å². The largest absolute Gasteiger partial charge is 0.298 e. The van der Waals surface area contributed by atoms with Crippen molar-refractivity contribution < 1.29 is 4.79 Å². The van der Waals surface area contributed by atoms with Crippen LogP contribution < -0.4 is 0 Å². The minimum atomic E-state index is 0.755. The molecule has 78 valence electrons. The molecule has 0 unspecified atom stereocenters. The van der Waals surface area contributed by atoms with Crippen LogP contribution in [-0.4, -0.2) is 6.29 Å². The molecule has 0 bridgehead atoms. The fourth-order valence-electron chi connectivity index (χ4n) is 2.27. The van der Waals surface area contributed by atoms with E-state index in [4.69, 9.17) is 0 Å². The minimum absolute atomic E-state index is 0.755. The van der Waals surface area contributed by atoms with E-state index in [1.165, 1.54) is 22.3 Å². The Hall–Kier alpha value is -1.41. The van der Waals surface area contributed by atoms with Crippen molar-refractivity contribution >= 4 is 22.2 Å². The molecule has 0 heterocycles. The van der Waals surface area contributed by atoms with Crippen LogP contribution in [0.4, 0.5) is 0 Å². The SMILES string of the molecule is O=Cc1ccc2c(c1)Cc1cc(Br)ccc1-2. The van der Waals surface area contributed by atoms with Crippen LogP contribution in [0.25, 0.3) is 11.1 Å². The molecule has 1 nitrogen and oxygen atoms in total. The quantitative estimate of drug-likeness (QED) is 0.616. The van der Waals surface area contributed by atoms with E-state index in [2.05, 4.69) is 34.1 Å². The summed E-state index contributed by atoms with van der Waals surface area (Å²) in [6.45, 7) is 0. The first-order valence-electron chi connectivity index (χ1n) is 5.15. The van der Waals surface area contributed by atoms with Gasteiger partial charge in [-0.3, -0.25) is 4.79 Å². The summed E-state index contributed by atoms with van der Waals surface area (Å²) in [7, 11) is 0. The van der Waals surface area contributed by atoms with Crippen molar-refractivity contribution in [2.24, 2.45) is 0 Å². The summed E-state index contributed by atoms with van der Waals surface area (Å²) < 4.78 is 1.11. The Labute approximate surface area is 102 Å². The third-order valence-corrected chi connectivity index (χ3v) is 3.50. The lowest BCUT2D eigenvalue weighted by Gasteiger charge is -2.01. The Morgan fingerprint density at radius 2 is 1.69 bits per heavy atom. The predicted molar refractivity (Wildman–Crippen MR) is 67.8 cm³/mol. The summed E-state index contributed by atoms with van der Waals surface area (Å²) in [5.41, 5.74) is 5.87. The first-order chi connectivity index (χ1) is 7.78. The van der Waals surface area contributed by atoms with Crippen molar-refractivity contribution in [2.75, 3.05) is 0 Å². The maximum Gasteiger partial charge on any atom is 0.150 e. The molecular weight excluding hydrogens is 264 g/mol. The molecule has 2 aromatic rings. The number of aldehydes is 1. The summed E-state index contributed by atoms with van der Waals surface area (Å²) in [6, 6.07) is 12.2. The van der Waals surface area contributed by atoms with Crippen molar-refractivity contribution in [3.8, 4) is 11.1 Å². The van der Waals surface area contributed by atoms with Gasteiger partial charge in [0.2, 0.25) is 0 Å². The molecular formula is C14H9BrO. The van der Waals surface area contributed by atoms with Gasteiger partial charge in [0.15, 0.2) is 0 Å². The Kier molecular flexibility index (Phi) is 2.18. The zero-order valence-corrected chi connectivity index (χ0v) is 10.1. The van der Waals surface area contributed by atoms with E-state index in [9.17, 15) is 4.79 Å². The van der Waals surface area contributed by atoms with E-state index < -0.39 is 0 Å². The van der Waals surface area contributed by atoms with E-state index >= 15 is 0 Å². The van der Waals surface area contributed by atoms with Gasteiger partial charge in [-0.05, 0) is 46.9 Å². The fraction of sp³-hybridized carbons (Fsp3) is 0.0714. The van der Waals surface area contributed by atoms with Gasteiger partial charge in [-0.2, -0.15) is 0 Å². The van der Waals surface area contributed by atoms with Gasteiger partial charge in [0.05, 0.1) is 0 Å². The van der Waals surface area contributed by atoms with Crippen LogP contribution in [0.1, 0.15) is 21.5 Å².